The summed E-state index contributed by atoms with van der Waals surface area (Å²) in [5.41, 5.74) is 7.21. The van der Waals surface area contributed by atoms with Gasteiger partial charge in [0, 0.05) is 5.56 Å². The van der Waals surface area contributed by atoms with Crippen LogP contribution in [0.25, 0.3) is 21.6 Å². The summed E-state index contributed by atoms with van der Waals surface area (Å²) in [6.45, 7) is 0. The number of allylic oxidation sites excluding steroid dienone is 4. The molecular weight excluding hydrogens is 400 g/mol. The minimum absolute atomic E-state index is 0.148. The predicted molar refractivity (Wildman–Crippen MR) is 109 cm³/mol. The highest BCUT2D eigenvalue weighted by Gasteiger charge is 2.17. The quantitative estimate of drug-likeness (QED) is 0.709. The first-order valence-corrected chi connectivity index (χ1v) is 9.31. The van der Waals surface area contributed by atoms with Gasteiger partial charge < -0.3 is 10.5 Å². The summed E-state index contributed by atoms with van der Waals surface area (Å²) >= 11 is 7.45. The van der Waals surface area contributed by atoms with Crippen molar-refractivity contribution in [2.75, 3.05) is 12.8 Å². The first kappa shape index (κ1) is 18.1. The fourth-order valence-corrected chi connectivity index (χ4v) is 3.92. The summed E-state index contributed by atoms with van der Waals surface area (Å²) < 4.78 is 6.44. The van der Waals surface area contributed by atoms with Crippen LogP contribution in [0.1, 0.15) is 5.56 Å². The number of ketones is 1. The number of nitrogen functional groups attached to an aromatic ring is 1. The highest BCUT2D eigenvalue weighted by atomic mass is 35.5. The Balaban J connectivity index is 1.86. The van der Waals surface area contributed by atoms with Crippen molar-refractivity contribution in [3.05, 3.63) is 74.8 Å². The molecule has 0 saturated heterocycles. The number of hydrogen-bond acceptors (Lipinski definition) is 7. The third-order valence-corrected chi connectivity index (χ3v) is 5.37. The van der Waals surface area contributed by atoms with Gasteiger partial charge in [-0.25, -0.2) is 0 Å². The van der Waals surface area contributed by atoms with Crippen molar-refractivity contribution >= 4 is 45.6 Å². The second-order valence-corrected chi connectivity index (χ2v) is 7.22. The van der Waals surface area contributed by atoms with Gasteiger partial charge in [0.1, 0.15) is 10.8 Å². The van der Waals surface area contributed by atoms with Gasteiger partial charge in [-0.1, -0.05) is 47.2 Å². The summed E-state index contributed by atoms with van der Waals surface area (Å²) in [6.07, 6.45) is 6.03. The number of fused-ring (bicyclic) bond motifs is 1. The van der Waals surface area contributed by atoms with Crippen LogP contribution in [0.2, 0.25) is 5.02 Å². The van der Waals surface area contributed by atoms with Gasteiger partial charge in [0.05, 0.1) is 17.7 Å². The molecule has 1 aliphatic carbocycles. The molecule has 0 amide bonds. The number of carbonyl (C=O) groups is 1. The summed E-state index contributed by atoms with van der Waals surface area (Å²) in [4.78, 5) is 28.6. The molecule has 3 aromatic rings. The number of aromatic nitrogens is 3. The van der Waals surface area contributed by atoms with E-state index in [-0.39, 0.29) is 22.9 Å². The number of nitrogens with two attached hydrogens (primary N) is 1. The Kier molecular flexibility index (Phi) is 4.58. The molecule has 9 heteroatoms. The topological polar surface area (TPSA) is 99.6 Å². The SMILES string of the molecule is COC1=C/C(=C/c2c(N)n3nc(-c4ccccc4Cl)sc3nc2=O)C=CC1=O. The maximum Gasteiger partial charge on any atom is 0.283 e. The lowest BCUT2D eigenvalue weighted by Gasteiger charge is -2.08. The van der Waals surface area contributed by atoms with Crippen molar-refractivity contribution in [3.63, 3.8) is 0 Å². The van der Waals surface area contributed by atoms with Crippen molar-refractivity contribution in [2.24, 2.45) is 0 Å². The van der Waals surface area contributed by atoms with E-state index in [1.165, 1.54) is 35.1 Å². The Hall–Kier alpha value is -3.23. The van der Waals surface area contributed by atoms with Crippen LogP contribution in [-0.2, 0) is 9.53 Å². The molecule has 1 aromatic carbocycles. The van der Waals surface area contributed by atoms with Crippen LogP contribution in [0.15, 0.2) is 58.6 Å². The van der Waals surface area contributed by atoms with Gasteiger partial charge in [-0.15, -0.1) is 0 Å². The molecule has 0 spiro atoms. The summed E-state index contributed by atoms with van der Waals surface area (Å²) in [7, 11) is 1.41. The van der Waals surface area contributed by atoms with Crippen LogP contribution < -0.4 is 11.3 Å². The molecule has 1 aliphatic rings. The Labute approximate surface area is 168 Å². The van der Waals surface area contributed by atoms with E-state index in [9.17, 15) is 9.59 Å². The first-order valence-electron chi connectivity index (χ1n) is 8.12. The van der Waals surface area contributed by atoms with Crippen LogP contribution >= 0.6 is 22.9 Å². The van der Waals surface area contributed by atoms with Gasteiger partial charge in [-0.2, -0.15) is 14.6 Å². The Morgan fingerprint density at radius 2 is 2.04 bits per heavy atom. The molecule has 0 radical (unpaired) electrons. The van der Waals surface area contributed by atoms with E-state index >= 15 is 0 Å². The normalized spacial score (nSPS) is 15.3. The minimum Gasteiger partial charge on any atom is -0.493 e. The molecule has 0 atom stereocenters. The van der Waals surface area contributed by atoms with Gasteiger partial charge in [-0.05, 0) is 29.9 Å². The molecule has 0 aliphatic heterocycles. The van der Waals surface area contributed by atoms with Crippen molar-refractivity contribution in [3.8, 4) is 10.6 Å². The highest BCUT2D eigenvalue weighted by molar-refractivity contribution is 7.19. The number of benzene rings is 1. The van der Waals surface area contributed by atoms with Gasteiger partial charge in [0.15, 0.2) is 5.76 Å². The summed E-state index contributed by atoms with van der Waals surface area (Å²) in [5.74, 6) is 0.0765. The zero-order valence-corrected chi connectivity index (χ0v) is 16.1. The number of rotatable bonds is 3. The molecule has 28 heavy (non-hydrogen) atoms. The van der Waals surface area contributed by atoms with Crippen molar-refractivity contribution < 1.29 is 9.53 Å². The molecule has 2 heterocycles. The van der Waals surface area contributed by atoms with Crippen molar-refractivity contribution in [1.82, 2.24) is 14.6 Å². The fraction of sp³-hybridized carbons (Fsp3) is 0.0526. The van der Waals surface area contributed by atoms with Crippen LogP contribution in [0, 0.1) is 0 Å². The number of carbonyl (C=O) groups excluding carboxylic acids is 1. The average molecular weight is 413 g/mol. The number of anilines is 1. The van der Waals surface area contributed by atoms with Crippen molar-refractivity contribution in [1.29, 1.82) is 0 Å². The molecule has 0 saturated carbocycles. The molecular formula is C19H13ClN4O3S. The second kappa shape index (κ2) is 7.06. The summed E-state index contributed by atoms with van der Waals surface area (Å²) in [5, 5.41) is 5.60. The van der Waals surface area contributed by atoms with Crippen LogP contribution in [-0.4, -0.2) is 27.5 Å². The van der Waals surface area contributed by atoms with E-state index in [1.54, 1.807) is 18.2 Å². The third kappa shape index (κ3) is 3.12. The van der Waals surface area contributed by atoms with E-state index in [1.807, 2.05) is 18.2 Å². The Morgan fingerprint density at radius 1 is 1.25 bits per heavy atom. The molecule has 0 bridgehead atoms. The Morgan fingerprint density at radius 3 is 2.79 bits per heavy atom. The first-order chi connectivity index (χ1) is 13.5. The standard InChI is InChI=1S/C19H13ClN4O3S/c1-27-15-9-10(6-7-14(15)25)8-12-16(21)24-19(22-17(12)26)28-18(23-24)11-4-2-3-5-13(11)20/h2-9H,21H2,1H3/b10-8+. The zero-order valence-electron chi connectivity index (χ0n) is 14.5. The lowest BCUT2D eigenvalue weighted by atomic mass is 10.0. The van der Waals surface area contributed by atoms with E-state index in [4.69, 9.17) is 22.1 Å². The van der Waals surface area contributed by atoms with E-state index in [0.717, 1.165) is 5.56 Å². The zero-order chi connectivity index (χ0) is 19.8. The lowest BCUT2D eigenvalue weighted by Crippen LogP contribution is -2.17. The average Bonchev–Trinajstić information content (AvgIpc) is 3.10. The maximum absolute atomic E-state index is 12.5. The fourth-order valence-electron chi connectivity index (χ4n) is 2.70. The smallest absolute Gasteiger partial charge is 0.283 e. The van der Waals surface area contributed by atoms with Gasteiger partial charge >= 0.3 is 0 Å². The predicted octanol–water partition coefficient (Wildman–Crippen LogP) is 3.11. The number of nitrogens with zero attached hydrogens (tertiary/aromatic N) is 3. The molecule has 0 unspecified atom stereocenters. The van der Waals surface area contributed by atoms with E-state index in [0.29, 0.717) is 20.6 Å². The number of methoxy groups -OCH3 is 1. The molecule has 140 valence electrons. The van der Waals surface area contributed by atoms with E-state index in [2.05, 4.69) is 10.1 Å². The largest absolute Gasteiger partial charge is 0.493 e. The third-order valence-electron chi connectivity index (χ3n) is 4.09. The van der Waals surface area contributed by atoms with Crippen molar-refractivity contribution in [2.45, 2.75) is 0 Å². The van der Waals surface area contributed by atoms with E-state index < -0.39 is 5.56 Å². The van der Waals surface area contributed by atoms with Crippen LogP contribution in [0.5, 0.6) is 0 Å². The number of hydrogen-bond donors (Lipinski definition) is 1. The summed E-state index contributed by atoms with van der Waals surface area (Å²) in [6, 6.07) is 7.26. The second-order valence-electron chi connectivity index (χ2n) is 5.85. The van der Waals surface area contributed by atoms with Gasteiger partial charge in [-0.3, -0.25) is 9.59 Å². The van der Waals surface area contributed by atoms with Gasteiger partial charge in [0.2, 0.25) is 10.7 Å². The monoisotopic (exact) mass is 412 g/mol. The lowest BCUT2D eigenvalue weighted by molar-refractivity contribution is -0.114. The number of ether oxygens (including phenoxy) is 1. The molecule has 0 fully saturated rings. The molecule has 4 rings (SSSR count). The molecule has 2 N–H and O–H groups in total. The van der Waals surface area contributed by atoms with Crippen LogP contribution in [0.3, 0.4) is 0 Å². The molecule has 7 nitrogen and oxygen atoms in total. The highest BCUT2D eigenvalue weighted by Crippen LogP contribution is 2.31. The Bertz CT molecular complexity index is 1270. The number of halogens is 1. The molecule has 2 aromatic heterocycles. The minimum atomic E-state index is -0.489. The maximum atomic E-state index is 12.5. The van der Waals surface area contributed by atoms with Gasteiger partial charge in [0.25, 0.3) is 5.56 Å². The van der Waals surface area contributed by atoms with Crippen LogP contribution in [0.4, 0.5) is 5.82 Å².